The Morgan fingerprint density at radius 2 is 1.38 bits per heavy atom. The Kier molecular flexibility index (Phi) is 7.42. The van der Waals surface area contributed by atoms with E-state index < -0.39 is 5.97 Å². The van der Waals surface area contributed by atoms with E-state index in [1.807, 2.05) is 36.4 Å². The third-order valence-electron chi connectivity index (χ3n) is 6.49. The summed E-state index contributed by atoms with van der Waals surface area (Å²) >= 11 is 0. The molecule has 37 heavy (non-hydrogen) atoms. The normalized spacial score (nSPS) is 13.8. The maximum absolute atomic E-state index is 11.9. The molecule has 0 spiro atoms. The third-order valence-corrected chi connectivity index (χ3v) is 6.49. The Morgan fingerprint density at radius 3 is 2.08 bits per heavy atom. The first-order valence-electron chi connectivity index (χ1n) is 12.6. The lowest BCUT2D eigenvalue weighted by Gasteiger charge is -2.26. The van der Waals surface area contributed by atoms with Gasteiger partial charge in [-0.25, -0.2) is 4.79 Å². The van der Waals surface area contributed by atoms with Crippen LogP contribution < -0.4 is 9.64 Å². The number of carbonyl (C=O) groups excluding carboxylic acids is 1. The van der Waals surface area contributed by atoms with Crippen molar-refractivity contribution in [2.45, 2.75) is 19.3 Å². The van der Waals surface area contributed by atoms with Gasteiger partial charge >= 0.3 is 5.97 Å². The van der Waals surface area contributed by atoms with Crippen molar-refractivity contribution in [1.82, 2.24) is 0 Å². The van der Waals surface area contributed by atoms with Crippen molar-refractivity contribution < 1.29 is 9.53 Å². The number of para-hydroxylation sites is 1. The molecule has 3 nitrogen and oxygen atoms in total. The largest absolute Gasteiger partial charge is 0.423 e. The second-order valence-corrected chi connectivity index (χ2v) is 8.96. The molecular weight excluding hydrogens is 454 g/mol. The number of benzene rings is 4. The maximum Gasteiger partial charge on any atom is 0.335 e. The molecule has 0 saturated heterocycles. The molecule has 0 radical (unpaired) electrons. The van der Waals surface area contributed by atoms with Gasteiger partial charge in [-0.3, -0.25) is 0 Å². The number of anilines is 2. The van der Waals surface area contributed by atoms with Gasteiger partial charge in [-0.1, -0.05) is 91.5 Å². The second kappa shape index (κ2) is 11.4. The molecule has 0 fully saturated rings. The van der Waals surface area contributed by atoms with Crippen LogP contribution >= 0.6 is 0 Å². The topological polar surface area (TPSA) is 29.5 Å². The molecule has 0 bridgehead atoms. The van der Waals surface area contributed by atoms with Gasteiger partial charge in [0.2, 0.25) is 0 Å². The molecule has 182 valence electrons. The lowest BCUT2D eigenvalue weighted by Crippen LogP contribution is -2.13. The summed E-state index contributed by atoms with van der Waals surface area (Å²) in [6.45, 7) is 3.53. The van der Waals surface area contributed by atoms with E-state index in [1.165, 1.54) is 17.2 Å². The number of hydrogen-bond donors (Lipinski definition) is 0. The van der Waals surface area contributed by atoms with E-state index in [1.54, 1.807) is 0 Å². The highest BCUT2D eigenvalue weighted by molar-refractivity contribution is 5.85. The number of carbonyl (C=O) groups is 1. The van der Waals surface area contributed by atoms with Gasteiger partial charge in [0.25, 0.3) is 0 Å². The Hall–Kier alpha value is -4.63. The molecule has 0 atom stereocenters. The zero-order valence-electron chi connectivity index (χ0n) is 20.7. The van der Waals surface area contributed by atoms with E-state index in [0.29, 0.717) is 5.75 Å². The van der Waals surface area contributed by atoms with Crippen molar-refractivity contribution in [3.63, 3.8) is 0 Å². The lowest BCUT2D eigenvalue weighted by atomic mass is 9.87. The summed E-state index contributed by atoms with van der Waals surface area (Å²) in [5.41, 5.74) is 7.91. The number of fused-ring (bicyclic) bond motifs is 1. The molecule has 4 aromatic carbocycles. The van der Waals surface area contributed by atoms with Gasteiger partial charge in [0, 0.05) is 29.2 Å². The van der Waals surface area contributed by atoms with Crippen LogP contribution in [0.3, 0.4) is 0 Å². The molecule has 0 aromatic heterocycles. The van der Waals surface area contributed by atoms with Crippen LogP contribution in [0.1, 0.15) is 35.1 Å². The van der Waals surface area contributed by atoms with Crippen LogP contribution in [-0.2, 0) is 11.2 Å². The summed E-state index contributed by atoms with van der Waals surface area (Å²) in [6, 6.07) is 35.2. The quantitative estimate of drug-likeness (QED) is 0.114. The predicted molar refractivity (Wildman–Crippen MR) is 154 cm³/mol. The van der Waals surface area contributed by atoms with E-state index >= 15 is 0 Å². The fraction of sp³-hybridized carbons (Fsp3) is 0.0882. The van der Waals surface area contributed by atoms with Crippen LogP contribution in [0, 0.1) is 0 Å². The van der Waals surface area contributed by atoms with Gasteiger partial charge in [0.15, 0.2) is 0 Å². The Labute approximate surface area is 218 Å². The Bertz CT molecular complexity index is 1430. The van der Waals surface area contributed by atoms with Gasteiger partial charge in [-0.05, 0) is 71.9 Å². The average Bonchev–Trinajstić information content (AvgIpc) is 2.96. The standard InChI is InChI=1S/C34H29NO2/c1-2-34(36)37-33-18-10-16-31-28(13-9-17-32(31)33)25-35(29-14-7-4-8-15-29)30-23-21-27(22-24-30)20-19-26-11-5-3-6-12-26/h2-8,10-12,14-16,18-25H,1,9,13,17H2. The van der Waals surface area contributed by atoms with E-state index in [4.69, 9.17) is 4.74 Å². The number of nitrogens with zero attached hydrogens (tertiary/aromatic N) is 1. The summed E-state index contributed by atoms with van der Waals surface area (Å²) in [7, 11) is 0. The van der Waals surface area contributed by atoms with Gasteiger partial charge in [-0.15, -0.1) is 0 Å². The van der Waals surface area contributed by atoms with E-state index in [9.17, 15) is 4.79 Å². The van der Waals surface area contributed by atoms with E-state index in [2.05, 4.69) is 96.6 Å². The van der Waals surface area contributed by atoms with Crippen LogP contribution in [-0.4, -0.2) is 5.97 Å². The first-order chi connectivity index (χ1) is 18.2. The molecule has 0 heterocycles. The summed E-state index contributed by atoms with van der Waals surface area (Å²) in [4.78, 5) is 14.1. The van der Waals surface area contributed by atoms with Crippen molar-refractivity contribution >= 4 is 35.1 Å². The number of hydrogen-bond acceptors (Lipinski definition) is 3. The van der Waals surface area contributed by atoms with Crippen LogP contribution in [0.15, 0.2) is 122 Å². The number of ether oxygens (including phenoxy) is 1. The molecule has 1 aliphatic rings. The molecule has 0 N–H and O–H groups in total. The zero-order valence-corrected chi connectivity index (χ0v) is 20.7. The van der Waals surface area contributed by atoms with Crippen LogP contribution in [0.25, 0.3) is 17.7 Å². The van der Waals surface area contributed by atoms with E-state index in [0.717, 1.165) is 47.3 Å². The van der Waals surface area contributed by atoms with Gasteiger partial charge in [0.1, 0.15) is 5.75 Å². The van der Waals surface area contributed by atoms with Crippen molar-refractivity contribution in [2.24, 2.45) is 0 Å². The molecular formula is C34H29NO2. The number of esters is 1. The average molecular weight is 484 g/mol. The van der Waals surface area contributed by atoms with Gasteiger partial charge < -0.3 is 9.64 Å². The fourth-order valence-corrected chi connectivity index (χ4v) is 4.64. The van der Waals surface area contributed by atoms with Crippen molar-refractivity contribution in [1.29, 1.82) is 0 Å². The van der Waals surface area contributed by atoms with Crippen LogP contribution in [0.5, 0.6) is 5.75 Å². The molecule has 3 heteroatoms. The van der Waals surface area contributed by atoms with Crippen molar-refractivity contribution in [3.8, 4) is 5.75 Å². The highest BCUT2D eigenvalue weighted by atomic mass is 16.5. The van der Waals surface area contributed by atoms with E-state index in [-0.39, 0.29) is 0 Å². The highest BCUT2D eigenvalue weighted by Crippen LogP contribution is 2.38. The second-order valence-electron chi connectivity index (χ2n) is 8.96. The number of rotatable bonds is 7. The summed E-state index contributed by atoms with van der Waals surface area (Å²) < 4.78 is 5.55. The molecule has 4 aromatic rings. The summed E-state index contributed by atoms with van der Waals surface area (Å²) in [6.07, 6.45) is 10.5. The molecule has 0 amide bonds. The molecule has 1 aliphatic carbocycles. The zero-order chi connectivity index (χ0) is 25.5. The maximum atomic E-state index is 11.9. The SMILES string of the molecule is C=CC(=O)Oc1cccc2c1CCCC2=CN(c1ccccc1)c1ccc(C=Cc2ccccc2)cc1. The number of allylic oxidation sites excluding steroid dienone is 1. The summed E-state index contributed by atoms with van der Waals surface area (Å²) in [5, 5.41) is 0. The smallest absolute Gasteiger partial charge is 0.335 e. The Balaban J connectivity index is 1.49. The first-order valence-corrected chi connectivity index (χ1v) is 12.6. The monoisotopic (exact) mass is 483 g/mol. The third kappa shape index (κ3) is 5.79. The van der Waals surface area contributed by atoms with Crippen LogP contribution in [0.2, 0.25) is 0 Å². The highest BCUT2D eigenvalue weighted by Gasteiger charge is 2.20. The Morgan fingerprint density at radius 1 is 0.730 bits per heavy atom. The predicted octanol–water partition coefficient (Wildman–Crippen LogP) is 8.46. The minimum Gasteiger partial charge on any atom is -0.423 e. The van der Waals surface area contributed by atoms with Crippen LogP contribution in [0.4, 0.5) is 11.4 Å². The van der Waals surface area contributed by atoms with Gasteiger partial charge in [0.05, 0.1) is 0 Å². The molecule has 0 aliphatic heterocycles. The molecule has 0 unspecified atom stereocenters. The fourth-order valence-electron chi connectivity index (χ4n) is 4.64. The van der Waals surface area contributed by atoms with Crippen molar-refractivity contribution in [2.75, 3.05) is 4.90 Å². The van der Waals surface area contributed by atoms with Crippen molar-refractivity contribution in [3.05, 3.63) is 144 Å². The minimum absolute atomic E-state index is 0.434. The lowest BCUT2D eigenvalue weighted by molar-refractivity contribution is -0.129. The molecule has 5 rings (SSSR count). The first kappa shape index (κ1) is 24.1. The van der Waals surface area contributed by atoms with Gasteiger partial charge in [-0.2, -0.15) is 0 Å². The summed E-state index contributed by atoms with van der Waals surface area (Å²) in [5.74, 6) is 0.186. The molecule has 0 saturated carbocycles. The minimum atomic E-state index is -0.434.